The normalized spacial score (nSPS) is 10.8. The molecule has 0 atom stereocenters. The molecule has 1 heterocycles. The van der Waals surface area contributed by atoms with E-state index >= 15 is 0 Å². The van der Waals surface area contributed by atoms with Gasteiger partial charge in [0.1, 0.15) is 11.6 Å². The van der Waals surface area contributed by atoms with Crippen molar-refractivity contribution in [3.05, 3.63) is 24.0 Å². The highest BCUT2D eigenvalue weighted by Crippen LogP contribution is 2.22. The quantitative estimate of drug-likeness (QED) is 0.607. The third kappa shape index (κ3) is 3.04. The molecule has 0 bridgehead atoms. The maximum Gasteiger partial charge on any atom is 0.307 e. The van der Waals surface area contributed by atoms with Crippen LogP contribution in [0.3, 0.4) is 0 Å². The standard InChI is InChI=1S/C14H17ClN2O3/c1-19-10-3-4-12-11(9-10)16-13(5-7-15)17(12)8-6-14(18)20-2/h3-4,9H,5-8H2,1-2H3. The van der Waals surface area contributed by atoms with Crippen LogP contribution in [-0.2, 0) is 22.5 Å². The molecule has 0 aliphatic heterocycles. The van der Waals surface area contributed by atoms with Gasteiger partial charge in [0.15, 0.2) is 0 Å². The molecule has 1 aromatic heterocycles. The van der Waals surface area contributed by atoms with E-state index in [1.54, 1.807) is 7.11 Å². The molecule has 2 aromatic rings. The number of benzene rings is 1. The Labute approximate surface area is 122 Å². The molecular weight excluding hydrogens is 280 g/mol. The number of carbonyl (C=O) groups excluding carboxylic acids is 1. The van der Waals surface area contributed by atoms with E-state index < -0.39 is 0 Å². The van der Waals surface area contributed by atoms with Gasteiger partial charge in [0, 0.05) is 24.9 Å². The van der Waals surface area contributed by atoms with Gasteiger partial charge in [-0.05, 0) is 12.1 Å². The Morgan fingerprint density at radius 2 is 2.20 bits per heavy atom. The summed E-state index contributed by atoms with van der Waals surface area (Å²) in [6, 6.07) is 5.70. The number of esters is 1. The number of alkyl halides is 1. The van der Waals surface area contributed by atoms with Crippen molar-refractivity contribution in [2.45, 2.75) is 19.4 Å². The number of ether oxygens (including phenoxy) is 2. The molecule has 0 saturated heterocycles. The molecule has 2 rings (SSSR count). The Balaban J connectivity index is 2.37. The molecule has 0 radical (unpaired) electrons. The van der Waals surface area contributed by atoms with Crippen LogP contribution >= 0.6 is 11.6 Å². The zero-order chi connectivity index (χ0) is 14.5. The number of aryl methyl sites for hydroxylation is 2. The Morgan fingerprint density at radius 1 is 1.40 bits per heavy atom. The molecule has 0 N–H and O–H groups in total. The third-order valence-corrected chi connectivity index (χ3v) is 3.31. The number of imidazole rings is 1. The van der Waals surface area contributed by atoms with Crippen LogP contribution in [0.15, 0.2) is 18.2 Å². The molecule has 5 nitrogen and oxygen atoms in total. The number of carbonyl (C=O) groups is 1. The van der Waals surface area contributed by atoms with E-state index in [2.05, 4.69) is 9.72 Å². The minimum atomic E-state index is -0.239. The van der Waals surface area contributed by atoms with Gasteiger partial charge in [-0.15, -0.1) is 11.6 Å². The van der Waals surface area contributed by atoms with Crippen LogP contribution in [0.5, 0.6) is 5.75 Å². The smallest absolute Gasteiger partial charge is 0.307 e. The van der Waals surface area contributed by atoms with Crippen molar-refractivity contribution in [3.63, 3.8) is 0 Å². The Kier molecular flexibility index (Phi) is 4.84. The van der Waals surface area contributed by atoms with Crippen molar-refractivity contribution in [1.29, 1.82) is 0 Å². The van der Waals surface area contributed by atoms with Crippen molar-refractivity contribution < 1.29 is 14.3 Å². The second-order valence-electron chi connectivity index (χ2n) is 4.30. The fourth-order valence-corrected chi connectivity index (χ4v) is 2.29. The molecule has 108 valence electrons. The predicted molar refractivity (Wildman–Crippen MR) is 77.3 cm³/mol. The number of hydrogen-bond acceptors (Lipinski definition) is 4. The first kappa shape index (κ1) is 14.7. The van der Waals surface area contributed by atoms with Gasteiger partial charge >= 0.3 is 5.97 Å². The minimum Gasteiger partial charge on any atom is -0.497 e. The van der Waals surface area contributed by atoms with Gasteiger partial charge in [0.25, 0.3) is 0 Å². The van der Waals surface area contributed by atoms with Crippen molar-refractivity contribution in [2.75, 3.05) is 20.1 Å². The van der Waals surface area contributed by atoms with Crippen LogP contribution < -0.4 is 4.74 Å². The summed E-state index contributed by atoms with van der Waals surface area (Å²) in [7, 11) is 3.01. The molecule has 0 amide bonds. The summed E-state index contributed by atoms with van der Waals surface area (Å²) in [6.45, 7) is 0.529. The molecule has 6 heteroatoms. The summed E-state index contributed by atoms with van der Waals surface area (Å²) in [5.41, 5.74) is 1.81. The maximum absolute atomic E-state index is 11.3. The number of fused-ring (bicyclic) bond motifs is 1. The van der Waals surface area contributed by atoms with Crippen LogP contribution in [0.25, 0.3) is 11.0 Å². The Hall–Kier alpha value is -1.75. The fraction of sp³-hybridized carbons (Fsp3) is 0.429. The third-order valence-electron chi connectivity index (χ3n) is 3.12. The van der Waals surface area contributed by atoms with E-state index in [1.807, 2.05) is 22.8 Å². The lowest BCUT2D eigenvalue weighted by Crippen LogP contribution is -2.10. The number of methoxy groups -OCH3 is 2. The highest BCUT2D eigenvalue weighted by molar-refractivity contribution is 6.17. The number of hydrogen-bond donors (Lipinski definition) is 0. The van der Waals surface area contributed by atoms with Gasteiger partial charge in [-0.3, -0.25) is 4.79 Å². The zero-order valence-corrected chi connectivity index (χ0v) is 12.3. The van der Waals surface area contributed by atoms with Crippen LogP contribution in [-0.4, -0.2) is 35.6 Å². The topological polar surface area (TPSA) is 53.4 Å². The molecule has 0 fully saturated rings. The first-order chi connectivity index (χ1) is 9.69. The number of rotatable bonds is 6. The van der Waals surface area contributed by atoms with Gasteiger partial charge < -0.3 is 14.0 Å². The zero-order valence-electron chi connectivity index (χ0n) is 11.6. The molecule has 0 aliphatic rings. The first-order valence-electron chi connectivity index (χ1n) is 6.35. The lowest BCUT2D eigenvalue weighted by Gasteiger charge is -2.07. The van der Waals surface area contributed by atoms with Gasteiger partial charge in [0.2, 0.25) is 0 Å². The van der Waals surface area contributed by atoms with Crippen molar-refractivity contribution in [3.8, 4) is 5.75 Å². The van der Waals surface area contributed by atoms with E-state index in [9.17, 15) is 4.79 Å². The van der Waals surface area contributed by atoms with Crippen molar-refractivity contribution in [2.24, 2.45) is 0 Å². The van der Waals surface area contributed by atoms with Crippen LogP contribution in [0.1, 0.15) is 12.2 Å². The van der Waals surface area contributed by atoms with Crippen LogP contribution in [0.4, 0.5) is 0 Å². The van der Waals surface area contributed by atoms with E-state index in [-0.39, 0.29) is 5.97 Å². The molecule has 1 aromatic carbocycles. The lowest BCUT2D eigenvalue weighted by atomic mass is 10.3. The largest absolute Gasteiger partial charge is 0.497 e. The highest BCUT2D eigenvalue weighted by atomic mass is 35.5. The average molecular weight is 297 g/mol. The molecule has 0 unspecified atom stereocenters. The van der Waals surface area contributed by atoms with E-state index in [0.717, 1.165) is 22.6 Å². The van der Waals surface area contributed by atoms with E-state index in [0.29, 0.717) is 25.3 Å². The van der Waals surface area contributed by atoms with Gasteiger partial charge in [0.05, 0.1) is 31.7 Å². The van der Waals surface area contributed by atoms with Crippen LogP contribution in [0.2, 0.25) is 0 Å². The van der Waals surface area contributed by atoms with E-state index in [4.69, 9.17) is 16.3 Å². The maximum atomic E-state index is 11.3. The van der Waals surface area contributed by atoms with Crippen molar-refractivity contribution >= 4 is 28.6 Å². The first-order valence-corrected chi connectivity index (χ1v) is 6.89. The molecular formula is C14H17ClN2O3. The molecule has 0 saturated carbocycles. The van der Waals surface area contributed by atoms with Gasteiger partial charge in [-0.2, -0.15) is 0 Å². The average Bonchev–Trinajstić information content (AvgIpc) is 2.81. The summed E-state index contributed by atoms with van der Waals surface area (Å²) in [5, 5.41) is 0. The number of nitrogens with zero attached hydrogens (tertiary/aromatic N) is 2. The minimum absolute atomic E-state index is 0.239. The number of halogens is 1. The fourth-order valence-electron chi connectivity index (χ4n) is 2.12. The predicted octanol–water partition coefficient (Wildman–Crippen LogP) is 2.39. The molecule has 0 aliphatic carbocycles. The summed E-state index contributed by atoms with van der Waals surface area (Å²) < 4.78 is 11.9. The lowest BCUT2D eigenvalue weighted by molar-refractivity contribution is -0.140. The molecule has 0 spiro atoms. The van der Waals surface area contributed by atoms with E-state index in [1.165, 1.54) is 7.11 Å². The van der Waals surface area contributed by atoms with Gasteiger partial charge in [-0.1, -0.05) is 0 Å². The second-order valence-corrected chi connectivity index (χ2v) is 4.68. The van der Waals surface area contributed by atoms with Gasteiger partial charge in [-0.25, -0.2) is 4.98 Å². The van der Waals surface area contributed by atoms with Crippen molar-refractivity contribution in [1.82, 2.24) is 9.55 Å². The van der Waals surface area contributed by atoms with Crippen LogP contribution in [0, 0.1) is 0 Å². The SMILES string of the molecule is COC(=O)CCn1c(CCCl)nc2cc(OC)ccc21. The Morgan fingerprint density at radius 3 is 2.85 bits per heavy atom. The summed E-state index contributed by atoms with van der Waals surface area (Å²) in [4.78, 5) is 15.9. The highest BCUT2D eigenvalue weighted by Gasteiger charge is 2.12. The number of aromatic nitrogens is 2. The Bertz CT molecular complexity index is 610. The monoisotopic (exact) mass is 296 g/mol. The summed E-state index contributed by atoms with van der Waals surface area (Å²) in [5.74, 6) is 1.87. The molecule has 20 heavy (non-hydrogen) atoms. The summed E-state index contributed by atoms with van der Waals surface area (Å²) >= 11 is 5.81. The second kappa shape index (κ2) is 6.61. The summed E-state index contributed by atoms with van der Waals surface area (Å²) in [6.07, 6.45) is 0.961.